The third-order valence-electron chi connectivity index (χ3n) is 2.34. The SMILES string of the molecule is CCCC(NC)c1cc(F)c(Cl)cc1F. The van der Waals surface area contributed by atoms with Crippen LogP contribution >= 0.6 is 11.6 Å². The smallest absolute Gasteiger partial charge is 0.142 e. The van der Waals surface area contributed by atoms with Crippen molar-refractivity contribution >= 4 is 11.6 Å². The normalized spacial score (nSPS) is 12.9. The van der Waals surface area contributed by atoms with E-state index in [9.17, 15) is 8.78 Å². The number of benzene rings is 1. The minimum Gasteiger partial charge on any atom is -0.313 e. The van der Waals surface area contributed by atoms with Crippen LogP contribution in [0.1, 0.15) is 31.4 Å². The summed E-state index contributed by atoms with van der Waals surface area (Å²) in [6.45, 7) is 1.99. The Morgan fingerprint density at radius 2 is 2.00 bits per heavy atom. The quantitative estimate of drug-likeness (QED) is 0.783. The molecule has 0 fully saturated rings. The van der Waals surface area contributed by atoms with Crippen molar-refractivity contribution in [1.82, 2.24) is 5.32 Å². The predicted molar refractivity (Wildman–Crippen MR) is 58.1 cm³/mol. The van der Waals surface area contributed by atoms with Crippen molar-refractivity contribution in [3.8, 4) is 0 Å². The lowest BCUT2D eigenvalue weighted by Crippen LogP contribution is -2.17. The Labute approximate surface area is 93.4 Å². The number of hydrogen-bond acceptors (Lipinski definition) is 1. The summed E-state index contributed by atoms with van der Waals surface area (Å²) in [5, 5.41) is 2.78. The molecule has 0 saturated heterocycles. The van der Waals surface area contributed by atoms with Gasteiger partial charge in [0, 0.05) is 11.6 Å². The van der Waals surface area contributed by atoms with E-state index in [2.05, 4.69) is 5.32 Å². The maximum atomic E-state index is 13.5. The lowest BCUT2D eigenvalue weighted by Gasteiger charge is -2.16. The van der Waals surface area contributed by atoms with E-state index in [1.165, 1.54) is 0 Å². The molecule has 1 rings (SSSR count). The van der Waals surface area contributed by atoms with E-state index in [0.717, 1.165) is 25.0 Å². The monoisotopic (exact) mass is 233 g/mol. The number of nitrogens with one attached hydrogen (secondary N) is 1. The van der Waals surface area contributed by atoms with Crippen molar-refractivity contribution in [1.29, 1.82) is 0 Å². The van der Waals surface area contributed by atoms with Gasteiger partial charge < -0.3 is 5.32 Å². The van der Waals surface area contributed by atoms with E-state index >= 15 is 0 Å². The Balaban J connectivity index is 3.06. The van der Waals surface area contributed by atoms with E-state index in [1.54, 1.807) is 7.05 Å². The Morgan fingerprint density at radius 3 is 2.53 bits per heavy atom. The van der Waals surface area contributed by atoms with Gasteiger partial charge in [0.2, 0.25) is 0 Å². The molecule has 0 amide bonds. The molecule has 15 heavy (non-hydrogen) atoms. The molecule has 0 radical (unpaired) electrons. The van der Waals surface area contributed by atoms with Gasteiger partial charge in [0.05, 0.1) is 5.02 Å². The van der Waals surface area contributed by atoms with Gasteiger partial charge in [0.1, 0.15) is 11.6 Å². The highest BCUT2D eigenvalue weighted by Gasteiger charge is 2.15. The van der Waals surface area contributed by atoms with Crippen molar-refractivity contribution in [2.24, 2.45) is 0 Å². The van der Waals surface area contributed by atoms with E-state index in [-0.39, 0.29) is 11.1 Å². The summed E-state index contributed by atoms with van der Waals surface area (Å²) >= 11 is 5.48. The fourth-order valence-corrected chi connectivity index (χ4v) is 1.70. The van der Waals surface area contributed by atoms with Crippen molar-refractivity contribution < 1.29 is 8.78 Å². The first-order valence-electron chi connectivity index (χ1n) is 4.91. The van der Waals surface area contributed by atoms with Gasteiger partial charge >= 0.3 is 0 Å². The van der Waals surface area contributed by atoms with Crippen LogP contribution in [0.3, 0.4) is 0 Å². The molecule has 1 nitrogen and oxygen atoms in total. The highest BCUT2D eigenvalue weighted by molar-refractivity contribution is 6.30. The molecule has 0 bridgehead atoms. The first-order chi connectivity index (χ1) is 7.10. The molecule has 0 saturated carbocycles. The average molecular weight is 234 g/mol. The Hall–Kier alpha value is -0.670. The van der Waals surface area contributed by atoms with Gasteiger partial charge in [0.15, 0.2) is 0 Å². The van der Waals surface area contributed by atoms with Gasteiger partial charge in [-0.15, -0.1) is 0 Å². The zero-order valence-corrected chi connectivity index (χ0v) is 9.54. The van der Waals surface area contributed by atoms with Crippen LogP contribution in [0.5, 0.6) is 0 Å². The summed E-state index contributed by atoms with van der Waals surface area (Å²) < 4.78 is 26.7. The fraction of sp³-hybridized carbons (Fsp3) is 0.455. The highest BCUT2D eigenvalue weighted by atomic mass is 35.5. The van der Waals surface area contributed by atoms with Crippen molar-refractivity contribution in [3.05, 3.63) is 34.4 Å². The molecule has 1 atom stereocenters. The van der Waals surface area contributed by atoms with E-state index < -0.39 is 11.6 Å². The van der Waals surface area contributed by atoms with Gasteiger partial charge in [-0.1, -0.05) is 24.9 Å². The third-order valence-corrected chi connectivity index (χ3v) is 2.63. The van der Waals surface area contributed by atoms with Gasteiger partial charge in [-0.05, 0) is 25.6 Å². The van der Waals surface area contributed by atoms with Crippen LogP contribution in [-0.2, 0) is 0 Å². The van der Waals surface area contributed by atoms with Gasteiger partial charge in [-0.2, -0.15) is 0 Å². The van der Waals surface area contributed by atoms with Crippen LogP contribution in [0.15, 0.2) is 12.1 Å². The molecular formula is C11H14ClF2N. The molecule has 1 aromatic carbocycles. The second kappa shape index (κ2) is 5.42. The summed E-state index contributed by atoms with van der Waals surface area (Å²) in [6.07, 6.45) is 1.66. The van der Waals surface area contributed by atoms with Crippen molar-refractivity contribution in [2.75, 3.05) is 7.05 Å². The predicted octanol–water partition coefficient (Wildman–Crippen LogP) is 3.68. The average Bonchev–Trinajstić information content (AvgIpc) is 2.20. The third kappa shape index (κ3) is 2.89. The maximum Gasteiger partial charge on any atom is 0.142 e. The fourth-order valence-electron chi connectivity index (χ4n) is 1.55. The summed E-state index contributed by atoms with van der Waals surface area (Å²) in [5.41, 5.74) is 0.334. The summed E-state index contributed by atoms with van der Waals surface area (Å²) in [4.78, 5) is 0. The van der Waals surface area contributed by atoms with E-state index in [1.807, 2.05) is 6.92 Å². The molecule has 0 aliphatic heterocycles. The van der Waals surface area contributed by atoms with E-state index in [0.29, 0.717) is 5.56 Å². The lowest BCUT2D eigenvalue weighted by molar-refractivity contribution is 0.496. The van der Waals surface area contributed by atoms with Crippen LogP contribution < -0.4 is 5.32 Å². The minimum absolute atomic E-state index is 0.165. The van der Waals surface area contributed by atoms with Crippen LogP contribution in [-0.4, -0.2) is 7.05 Å². The first kappa shape index (κ1) is 12.4. The molecule has 1 N–H and O–H groups in total. The minimum atomic E-state index is -0.579. The van der Waals surface area contributed by atoms with Crippen LogP contribution in [0, 0.1) is 11.6 Å². The zero-order valence-electron chi connectivity index (χ0n) is 8.78. The Morgan fingerprint density at radius 1 is 1.33 bits per heavy atom. The molecule has 84 valence electrons. The van der Waals surface area contributed by atoms with Gasteiger partial charge in [0.25, 0.3) is 0 Å². The van der Waals surface area contributed by atoms with Crippen molar-refractivity contribution in [2.45, 2.75) is 25.8 Å². The highest BCUT2D eigenvalue weighted by Crippen LogP contribution is 2.26. The molecular weight excluding hydrogens is 220 g/mol. The van der Waals surface area contributed by atoms with Crippen LogP contribution in [0.4, 0.5) is 8.78 Å². The number of rotatable bonds is 4. The lowest BCUT2D eigenvalue weighted by atomic mass is 10.0. The van der Waals surface area contributed by atoms with Crippen LogP contribution in [0.25, 0.3) is 0 Å². The van der Waals surface area contributed by atoms with Crippen molar-refractivity contribution in [3.63, 3.8) is 0 Å². The van der Waals surface area contributed by atoms with Gasteiger partial charge in [-0.25, -0.2) is 8.78 Å². The largest absolute Gasteiger partial charge is 0.313 e. The molecule has 0 spiro atoms. The first-order valence-corrected chi connectivity index (χ1v) is 5.29. The Bertz CT molecular complexity index is 342. The summed E-state index contributed by atoms with van der Waals surface area (Å²) in [6, 6.07) is 2.02. The number of halogens is 3. The maximum absolute atomic E-state index is 13.5. The standard InChI is InChI=1S/C11H14ClF2N/c1-3-4-11(15-2)7-5-10(14)8(12)6-9(7)13/h5-6,11,15H,3-4H2,1-2H3. The number of hydrogen-bond donors (Lipinski definition) is 1. The molecule has 1 unspecified atom stereocenters. The zero-order chi connectivity index (χ0) is 11.4. The molecule has 0 heterocycles. The molecule has 1 aromatic rings. The molecule has 0 aliphatic rings. The summed E-state index contributed by atoms with van der Waals surface area (Å²) in [5.74, 6) is -1.04. The van der Waals surface area contributed by atoms with Crippen LogP contribution in [0.2, 0.25) is 5.02 Å². The Kier molecular flexibility index (Phi) is 4.48. The molecule has 0 aromatic heterocycles. The second-order valence-electron chi connectivity index (χ2n) is 3.42. The second-order valence-corrected chi connectivity index (χ2v) is 3.82. The van der Waals surface area contributed by atoms with E-state index in [4.69, 9.17) is 11.6 Å². The molecule has 0 aliphatic carbocycles. The summed E-state index contributed by atoms with van der Waals surface area (Å²) in [7, 11) is 1.73. The van der Waals surface area contributed by atoms with Gasteiger partial charge in [-0.3, -0.25) is 0 Å². The topological polar surface area (TPSA) is 12.0 Å². The molecule has 4 heteroatoms.